The molecule has 0 aliphatic rings. The van der Waals surface area contributed by atoms with Crippen molar-refractivity contribution in [1.29, 1.82) is 0 Å². The van der Waals surface area contributed by atoms with Crippen LogP contribution in [0.2, 0.25) is 0 Å². The van der Waals surface area contributed by atoms with Crippen molar-refractivity contribution in [3.05, 3.63) is 30.3 Å². The van der Waals surface area contributed by atoms with E-state index in [0.717, 1.165) is 5.69 Å². The van der Waals surface area contributed by atoms with Crippen molar-refractivity contribution in [2.45, 2.75) is 19.4 Å². The summed E-state index contributed by atoms with van der Waals surface area (Å²) in [5.41, 5.74) is -0.00773. The van der Waals surface area contributed by atoms with Crippen molar-refractivity contribution < 1.29 is 14.3 Å². The van der Waals surface area contributed by atoms with E-state index in [2.05, 4.69) is 5.32 Å². The van der Waals surface area contributed by atoms with Gasteiger partial charge in [0.1, 0.15) is 0 Å². The summed E-state index contributed by atoms with van der Waals surface area (Å²) in [7, 11) is 1.37. The summed E-state index contributed by atoms with van der Waals surface area (Å²) in [6, 6.07) is 9.52. The van der Waals surface area contributed by atoms with Crippen LogP contribution in [0.1, 0.15) is 13.8 Å². The molecule has 0 bridgehead atoms. The number of hydrogen-bond donors (Lipinski definition) is 1. The number of carbonyl (C=O) groups is 1. The zero-order valence-electron chi connectivity index (χ0n) is 10.5. The molecule has 1 aromatic carbocycles. The van der Waals surface area contributed by atoms with Crippen LogP contribution >= 0.6 is 0 Å². The molecular formula is C13H19NO3. The molecule has 0 aliphatic heterocycles. The molecule has 1 N–H and O–H groups in total. The van der Waals surface area contributed by atoms with Crippen LogP contribution in [0.5, 0.6) is 0 Å². The molecule has 0 fully saturated rings. The summed E-state index contributed by atoms with van der Waals surface area (Å²) in [6.07, 6.45) is 0. The van der Waals surface area contributed by atoms with Crippen molar-refractivity contribution in [2.75, 3.05) is 25.6 Å². The second-order valence-corrected chi connectivity index (χ2v) is 3.95. The first-order valence-electron chi connectivity index (χ1n) is 5.62. The van der Waals surface area contributed by atoms with Gasteiger partial charge in [0.15, 0.2) is 5.54 Å². The highest BCUT2D eigenvalue weighted by Gasteiger charge is 2.34. The summed E-state index contributed by atoms with van der Waals surface area (Å²) < 4.78 is 10.1. The molecule has 94 valence electrons. The Morgan fingerprint density at radius 1 is 1.35 bits per heavy atom. The zero-order valence-corrected chi connectivity index (χ0v) is 10.5. The van der Waals surface area contributed by atoms with E-state index in [9.17, 15) is 4.79 Å². The van der Waals surface area contributed by atoms with E-state index >= 15 is 0 Å². The summed E-state index contributed by atoms with van der Waals surface area (Å²) in [5.74, 6) is -0.338. The Morgan fingerprint density at radius 3 is 2.53 bits per heavy atom. The average molecular weight is 237 g/mol. The number of carbonyl (C=O) groups excluding carboxylic acids is 1. The van der Waals surface area contributed by atoms with Crippen LogP contribution in [0.3, 0.4) is 0 Å². The predicted molar refractivity (Wildman–Crippen MR) is 67.0 cm³/mol. The summed E-state index contributed by atoms with van der Waals surface area (Å²) in [6.45, 7) is 4.48. The molecule has 1 unspecified atom stereocenters. The van der Waals surface area contributed by atoms with Crippen LogP contribution in [0.25, 0.3) is 0 Å². The number of hydrogen-bond acceptors (Lipinski definition) is 4. The summed E-state index contributed by atoms with van der Waals surface area (Å²) in [4.78, 5) is 11.8. The average Bonchev–Trinajstić information content (AvgIpc) is 2.36. The van der Waals surface area contributed by atoms with E-state index in [1.54, 1.807) is 6.92 Å². The standard InChI is InChI=1S/C13H19NO3/c1-4-17-10-13(2,12(15)16-3)14-11-8-6-5-7-9-11/h5-9,14H,4,10H2,1-3H3. The molecule has 4 heteroatoms. The minimum Gasteiger partial charge on any atom is -0.467 e. The van der Waals surface area contributed by atoms with Crippen LogP contribution in [0, 0.1) is 0 Å². The minimum absolute atomic E-state index is 0.269. The Kier molecular flexibility index (Phi) is 4.97. The molecule has 0 heterocycles. The van der Waals surface area contributed by atoms with Gasteiger partial charge < -0.3 is 14.8 Å². The smallest absolute Gasteiger partial charge is 0.333 e. The molecule has 17 heavy (non-hydrogen) atoms. The number of nitrogens with one attached hydrogen (secondary N) is 1. The van der Waals surface area contributed by atoms with Crippen molar-refractivity contribution in [3.63, 3.8) is 0 Å². The van der Waals surface area contributed by atoms with Crippen LogP contribution in [0.15, 0.2) is 30.3 Å². The highest BCUT2D eigenvalue weighted by atomic mass is 16.5. The lowest BCUT2D eigenvalue weighted by atomic mass is 10.0. The number of benzene rings is 1. The lowest BCUT2D eigenvalue weighted by molar-refractivity contribution is -0.147. The maximum atomic E-state index is 11.8. The SMILES string of the molecule is CCOCC(C)(Nc1ccccc1)C(=O)OC. The van der Waals surface area contributed by atoms with Crippen molar-refractivity contribution in [1.82, 2.24) is 0 Å². The molecule has 1 aromatic rings. The molecule has 1 atom stereocenters. The molecule has 0 amide bonds. The largest absolute Gasteiger partial charge is 0.467 e. The molecular weight excluding hydrogens is 218 g/mol. The van der Waals surface area contributed by atoms with E-state index in [1.807, 2.05) is 37.3 Å². The molecule has 0 aliphatic carbocycles. The van der Waals surface area contributed by atoms with E-state index in [1.165, 1.54) is 7.11 Å². The second kappa shape index (κ2) is 6.25. The molecule has 0 radical (unpaired) electrons. The van der Waals surface area contributed by atoms with Gasteiger partial charge in [-0.15, -0.1) is 0 Å². The van der Waals surface area contributed by atoms with Gasteiger partial charge in [-0.05, 0) is 26.0 Å². The first-order chi connectivity index (χ1) is 8.12. The molecule has 1 rings (SSSR count). The fraction of sp³-hybridized carbons (Fsp3) is 0.462. The monoisotopic (exact) mass is 237 g/mol. The van der Waals surface area contributed by atoms with Gasteiger partial charge in [0.05, 0.1) is 13.7 Å². The van der Waals surface area contributed by atoms with Crippen LogP contribution in [-0.2, 0) is 14.3 Å². The number of methoxy groups -OCH3 is 1. The van der Waals surface area contributed by atoms with Gasteiger partial charge in [0, 0.05) is 12.3 Å². The quantitative estimate of drug-likeness (QED) is 0.769. The number of para-hydroxylation sites is 1. The molecule has 0 saturated carbocycles. The Balaban J connectivity index is 2.80. The maximum Gasteiger partial charge on any atom is 0.333 e. The van der Waals surface area contributed by atoms with Gasteiger partial charge in [0.25, 0.3) is 0 Å². The third-order valence-corrected chi connectivity index (χ3v) is 2.42. The Hall–Kier alpha value is -1.55. The van der Waals surface area contributed by atoms with Crippen LogP contribution < -0.4 is 5.32 Å². The normalized spacial score (nSPS) is 13.8. The molecule has 0 saturated heterocycles. The number of esters is 1. The number of anilines is 1. The molecule has 0 aromatic heterocycles. The second-order valence-electron chi connectivity index (χ2n) is 3.95. The van der Waals surface area contributed by atoms with Gasteiger partial charge in [-0.1, -0.05) is 18.2 Å². The Labute approximate surface area is 102 Å². The zero-order chi connectivity index (χ0) is 12.7. The fourth-order valence-corrected chi connectivity index (χ4v) is 1.52. The lowest BCUT2D eigenvalue weighted by Crippen LogP contribution is -2.48. The van der Waals surface area contributed by atoms with Crippen LogP contribution in [-0.4, -0.2) is 31.8 Å². The first-order valence-corrected chi connectivity index (χ1v) is 5.62. The summed E-state index contributed by atoms with van der Waals surface area (Å²) in [5, 5.41) is 3.14. The van der Waals surface area contributed by atoms with Crippen molar-refractivity contribution in [2.24, 2.45) is 0 Å². The fourth-order valence-electron chi connectivity index (χ4n) is 1.52. The highest BCUT2D eigenvalue weighted by Crippen LogP contribution is 2.17. The maximum absolute atomic E-state index is 11.8. The predicted octanol–water partition coefficient (Wildman–Crippen LogP) is 2.07. The van der Waals surface area contributed by atoms with Gasteiger partial charge in [0.2, 0.25) is 0 Å². The van der Waals surface area contributed by atoms with Gasteiger partial charge in [-0.2, -0.15) is 0 Å². The Morgan fingerprint density at radius 2 is 2.00 bits per heavy atom. The lowest BCUT2D eigenvalue weighted by Gasteiger charge is -2.28. The number of ether oxygens (including phenoxy) is 2. The summed E-state index contributed by atoms with van der Waals surface area (Å²) >= 11 is 0. The van der Waals surface area contributed by atoms with E-state index < -0.39 is 5.54 Å². The van der Waals surface area contributed by atoms with Gasteiger partial charge in [-0.25, -0.2) is 4.79 Å². The van der Waals surface area contributed by atoms with E-state index in [0.29, 0.717) is 6.61 Å². The molecule has 4 nitrogen and oxygen atoms in total. The van der Waals surface area contributed by atoms with E-state index in [-0.39, 0.29) is 12.6 Å². The van der Waals surface area contributed by atoms with E-state index in [4.69, 9.17) is 9.47 Å². The van der Waals surface area contributed by atoms with Gasteiger partial charge in [-0.3, -0.25) is 0 Å². The van der Waals surface area contributed by atoms with Crippen molar-refractivity contribution >= 4 is 11.7 Å². The third-order valence-electron chi connectivity index (χ3n) is 2.42. The topological polar surface area (TPSA) is 47.6 Å². The third kappa shape index (κ3) is 3.75. The first kappa shape index (κ1) is 13.5. The Bertz CT molecular complexity index is 353. The highest BCUT2D eigenvalue weighted by molar-refractivity contribution is 5.84. The number of rotatable bonds is 6. The van der Waals surface area contributed by atoms with Crippen LogP contribution in [0.4, 0.5) is 5.69 Å². The minimum atomic E-state index is -0.869. The van der Waals surface area contributed by atoms with Gasteiger partial charge >= 0.3 is 5.97 Å². The molecule has 0 spiro atoms. The van der Waals surface area contributed by atoms with Crippen molar-refractivity contribution in [3.8, 4) is 0 Å².